The maximum Gasteiger partial charge on any atom is 0.338 e. The highest BCUT2D eigenvalue weighted by molar-refractivity contribution is 5.90. The van der Waals surface area contributed by atoms with Crippen LogP contribution in [0.5, 0.6) is 5.75 Å². The van der Waals surface area contributed by atoms with Crippen LogP contribution in [0.2, 0.25) is 0 Å². The molecule has 3 saturated carbocycles. The zero-order valence-electron chi connectivity index (χ0n) is 25.0. The molecule has 3 aromatic carbocycles. The second-order valence-corrected chi connectivity index (χ2v) is 12.5. The minimum absolute atomic E-state index is 0.0843. The lowest BCUT2D eigenvalue weighted by Crippen LogP contribution is -2.45. The van der Waals surface area contributed by atoms with E-state index in [1.54, 1.807) is 31.4 Å². The van der Waals surface area contributed by atoms with Crippen LogP contribution in [0.25, 0.3) is 0 Å². The number of carbonyl (C=O) groups is 2. The van der Waals surface area contributed by atoms with Crippen molar-refractivity contribution in [3.8, 4) is 5.75 Å². The number of fused-ring (bicyclic) bond motifs is 3. The monoisotopic (exact) mass is 569 g/mol. The van der Waals surface area contributed by atoms with Crippen LogP contribution in [0.3, 0.4) is 0 Å². The average molecular weight is 570 g/mol. The first-order valence-electron chi connectivity index (χ1n) is 15.1. The van der Waals surface area contributed by atoms with Crippen molar-refractivity contribution in [2.75, 3.05) is 20.3 Å². The van der Waals surface area contributed by atoms with Crippen LogP contribution >= 0.6 is 0 Å². The van der Waals surface area contributed by atoms with E-state index in [1.165, 1.54) is 38.5 Å². The Balaban J connectivity index is 1.30. The number of ether oxygens (including phenoxy) is 3. The fourth-order valence-electron chi connectivity index (χ4n) is 6.39. The Morgan fingerprint density at radius 3 is 2.05 bits per heavy atom. The van der Waals surface area contributed by atoms with Crippen LogP contribution in [0.15, 0.2) is 84.9 Å². The summed E-state index contributed by atoms with van der Waals surface area (Å²) in [4.78, 5) is 26.6. The third-order valence-electron chi connectivity index (χ3n) is 9.42. The van der Waals surface area contributed by atoms with E-state index in [-0.39, 0.29) is 12.5 Å². The summed E-state index contributed by atoms with van der Waals surface area (Å²) in [5.74, 6) is 0.372. The summed E-state index contributed by atoms with van der Waals surface area (Å²) in [6.45, 7) is 4.59. The summed E-state index contributed by atoms with van der Waals surface area (Å²) >= 11 is 0. The number of hydrogen-bond donors (Lipinski definition) is 1. The van der Waals surface area contributed by atoms with Crippen molar-refractivity contribution in [2.45, 2.75) is 69.9 Å². The molecule has 0 spiro atoms. The Bertz CT molecular complexity index is 1300. The standard InChI is InChI=1S/C36H43NO5/c1-35(2,40-3)32(28-14-16-30(17-15-28)42-25-36-21-18-26(19-22-36)20-23-36)37-33(38)31(27-10-6-4-7-11-27)24-41-34(39)29-12-8-5-9-13-29/h4-17,26,31-32H,18-25H2,1-3H3,(H,37,38)/t26?,31-,32+,36?/m0/s1. The van der Waals surface area contributed by atoms with Gasteiger partial charge in [-0.2, -0.15) is 0 Å². The van der Waals surface area contributed by atoms with Gasteiger partial charge in [-0.25, -0.2) is 4.79 Å². The molecule has 222 valence electrons. The Morgan fingerprint density at radius 2 is 1.45 bits per heavy atom. The van der Waals surface area contributed by atoms with Gasteiger partial charge in [-0.3, -0.25) is 4.79 Å². The van der Waals surface area contributed by atoms with Gasteiger partial charge in [0.2, 0.25) is 5.91 Å². The average Bonchev–Trinajstić information content (AvgIpc) is 3.04. The van der Waals surface area contributed by atoms with E-state index in [4.69, 9.17) is 14.2 Å². The van der Waals surface area contributed by atoms with E-state index in [0.29, 0.717) is 11.0 Å². The van der Waals surface area contributed by atoms with Crippen molar-refractivity contribution >= 4 is 11.9 Å². The normalized spacial score (nSPS) is 21.3. The van der Waals surface area contributed by atoms with Gasteiger partial charge in [-0.15, -0.1) is 0 Å². The van der Waals surface area contributed by atoms with Crippen molar-refractivity contribution in [2.24, 2.45) is 11.3 Å². The molecule has 0 heterocycles. The summed E-state index contributed by atoms with van der Waals surface area (Å²) in [7, 11) is 1.64. The zero-order valence-corrected chi connectivity index (χ0v) is 25.0. The van der Waals surface area contributed by atoms with Crippen LogP contribution in [0.4, 0.5) is 0 Å². The van der Waals surface area contributed by atoms with E-state index < -0.39 is 23.5 Å². The van der Waals surface area contributed by atoms with Crippen molar-refractivity contribution in [1.29, 1.82) is 0 Å². The Kier molecular flexibility index (Phi) is 9.32. The first-order chi connectivity index (χ1) is 20.3. The second kappa shape index (κ2) is 13.1. The SMILES string of the molecule is COC(C)(C)[C@H](NC(=O)[C@@H](COC(=O)c1ccccc1)c1ccccc1)c1ccc(OCC23CCC(CC2)CC3)cc1. The molecule has 6 heteroatoms. The van der Waals surface area contributed by atoms with E-state index in [9.17, 15) is 9.59 Å². The first-order valence-corrected chi connectivity index (χ1v) is 15.1. The lowest BCUT2D eigenvalue weighted by atomic mass is 9.61. The molecule has 0 saturated heterocycles. The number of hydrogen-bond acceptors (Lipinski definition) is 5. The molecule has 3 aromatic rings. The van der Waals surface area contributed by atoms with Gasteiger partial charge in [0.15, 0.2) is 0 Å². The van der Waals surface area contributed by atoms with Gasteiger partial charge in [0, 0.05) is 12.5 Å². The minimum atomic E-state index is -0.709. The van der Waals surface area contributed by atoms with E-state index in [1.807, 2.05) is 74.5 Å². The maximum atomic E-state index is 13.9. The summed E-state index contributed by atoms with van der Waals surface area (Å²) in [5.41, 5.74) is 1.75. The van der Waals surface area contributed by atoms with Crippen LogP contribution in [-0.4, -0.2) is 37.8 Å². The third-order valence-corrected chi connectivity index (χ3v) is 9.42. The molecular formula is C36H43NO5. The maximum absolute atomic E-state index is 13.9. The Morgan fingerprint density at radius 1 is 0.857 bits per heavy atom. The van der Waals surface area contributed by atoms with Crippen molar-refractivity contribution in [3.63, 3.8) is 0 Å². The molecule has 3 fully saturated rings. The lowest BCUT2D eigenvalue weighted by molar-refractivity contribution is -0.126. The van der Waals surface area contributed by atoms with Gasteiger partial charge in [0.25, 0.3) is 0 Å². The number of benzene rings is 3. The molecule has 3 aliphatic rings. The molecule has 1 amide bonds. The summed E-state index contributed by atoms with van der Waals surface area (Å²) in [6, 6.07) is 25.7. The molecule has 0 aliphatic heterocycles. The predicted molar refractivity (Wildman–Crippen MR) is 163 cm³/mol. The summed E-state index contributed by atoms with van der Waals surface area (Å²) < 4.78 is 17.8. The largest absolute Gasteiger partial charge is 0.493 e. The molecule has 2 bridgehead atoms. The summed E-state index contributed by atoms with van der Waals surface area (Å²) in [6.07, 6.45) is 7.83. The quantitative estimate of drug-likeness (QED) is 0.233. The molecule has 0 unspecified atom stereocenters. The fraction of sp³-hybridized carbons (Fsp3) is 0.444. The fourth-order valence-corrected chi connectivity index (χ4v) is 6.39. The van der Waals surface area contributed by atoms with Crippen molar-refractivity contribution in [1.82, 2.24) is 5.32 Å². The number of rotatable bonds is 12. The van der Waals surface area contributed by atoms with Crippen molar-refractivity contribution < 1.29 is 23.8 Å². The molecule has 0 aromatic heterocycles. The van der Waals surface area contributed by atoms with Gasteiger partial charge in [-0.05, 0) is 93.7 Å². The predicted octanol–water partition coefficient (Wildman–Crippen LogP) is 7.26. The topological polar surface area (TPSA) is 73.9 Å². The lowest BCUT2D eigenvalue weighted by Gasteiger charge is -2.46. The Hall–Kier alpha value is -3.64. The van der Waals surface area contributed by atoms with E-state index in [2.05, 4.69) is 5.32 Å². The highest BCUT2D eigenvalue weighted by Crippen LogP contribution is 2.50. The molecule has 0 radical (unpaired) electrons. The molecule has 42 heavy (non-hydrogen) atoms. The van der Waals surface area contributed by atoms with Crippen LogP contribution in [-0.2, 0) is 14.3 Å². The highest BCUT2D eigenvalue weighted by Gasteiger charge is 2.41. The molecule has 1 N–H and O–H groups in total. The van der Waals surface area contributed by atoms with Gasteiger partial charge >= 0.3 is 5.97 Å². The molecule has 2 atom stereocenters. The van der Waals surface area contributed by atoms with Gasteiger partial charge in [0.05, 0.1) is 29.7 Å². The smallest absolute Gasteiger partial charge is 0.338 e. The molecular weight excluding hydrogens is 526 g/mol. The third kappa shape index (κ3) is 7.04. The van der Waals surface area contributed by atoms with E-state index >= 15 is 0 Å². The van der Waals surface area contributed by atoms with Crippen LogP contribution in [0, 0.1) is 11.3 Å². The molecule has 6 nitrogen and oxygen atoms in total. The number of methoxy groups -OCH3 is 1. The molecule has 3 aliphatic carbocycles. The van der Waals surface area contributed by atoms with Gasteiger partial charge in [-0.1, -0.05) is 60.7 Å². The van der Waals surface area contributed by atoms with E-state index in [0.717, 1.165) is 29.4 Å². The summed E-state index contributed by atoms with van der Waals surface area (Å²) in [5, 5.41) is 3.21. The number of nitrogens with one attached hydrogen (secondary N) is 1. The zero-order chi connectivity index (χ0) is 29.6. The number of carbonyl (C=O) groups excluding carboxylic acids is 2. The van der Waals surface area contributed by atoms with Gasteiger partial charge < -0.3 is 19.5 Å². The van der Waals surface area contributed by atoms with Crippen molar-refractivity contribution in [3.05, 3.63) is 102 Å². The Labute approximate surface area is 249 Å². The number of esters is 1. The highest BCUT2D eigenvalue weighted by atomic mass is 16.5. The molecule has 6 rings (SSSR count). The van der Waals surface area contributed by atoms with Crippen LogP contribution < -0.4 is 10.1 Å². The second-order valence-electron chi connectivity index (χ2n) is 12.5. The number of amides is 1. The minimum Gasteiger partial charge on any atom is -0.493 e. The van der Waals surface area contributed by atoms with Crippen LogP contribution in [0.1, 0.15) is 85.8 Å². The first kappa shape index (κ1) is 29.8. The van der Waals surface area contributed by atoms with Gasteiger partial charge in [0.1, 0.15) is 12.4 Å².